The van der Waals surface area contributed by atoms with E-state index < -0.39 is 0 Å². The Labute approximate surface area is 120 Å². The van der Waals surface area contributed by atoms with Crippen molar-refractivity contribution in [2.75, 3.05) is 26.5 Å². The summed E-state index contributed by atoms with van der Waals surface area (Å²) in [5.74, 6) is 3.67. The van der Waals surface area contributed by atoms with Crippen molar-refractivity contribution >= 4 is 15.9 Å². The van der Waals surface area contributed by atoms with Gasteiger partial charge in [0.25, 0.3) is 0 Å². The van der Waals surface area contributed by atoms with Gasteiger partial charge in [-0.05, 0) is 35.4 Å². The molecule has 0 amide bonds. The Morgan fingerprint density at radius 1 is 1.21 bits per heavy atom. The number of rotatable bonds is 3. The molecule has 4 nitrogen and oxygen atoms in total. The van der Waals surface area contributed by atoms with Crippen LogP contribution in [0.3, 0.4) is 0 Å². The van der Waals surface area contributed by atoms with Gasteiger partial charge in [0.15, 0.2) is 11.5 Å². The standard InChI is InChI=1S/C14H16BrNO3/c15-12-2-14-13(18-7-19-14)1-8(12)3-16-4-9-10(5-16)11(9)6-17/h1-2,9-11,17H,3-7H2/t9-,10+,11?. The summed E-state index contributed by atoms with van der Waals surface area (Å²) in [4.78, 5) is 2.46. The van der Waals surface area contributed by atoms with Gasteiger partial charge in [0.1, 0.15) is 0 Å². The maximum absolute atomic E-state index is 9.18. The van der Waals surface area contributed by atoms with Crippen LogP contribution >= 0.6 is 15.9 Å². The monoisotopic (exact) mass is 325 g/mol. The van der Waals surface area contributed by atoms with Crippen molar-refractivity contribution in [3.8, 4) is 11.5 Å². The molecule has 3 aliphatic rings. The highest BCUT2D eigenvalue weighted by atomic mass is 79.9. The minimum atomic E-state index is 0.317. The molecular weight excluding hydrogens is 310 g/mol. The first-order valence-corrected chi connectivity index (χ1v) is 7.47. The van der Waals surface area contributed by atoms with E-state index in [1.54, 1.807) is 0 Å². The third kappa shape index (κ3) is 1.95. The summed E-state index contributed by atoms with van der Waals surface area (Å²) >= 11 is 3.61. The Kier molecular flexibility index (Phi) is 2.76. The van der Waals surface area contributed by atoms with Crippen LogP contribution in [0.15, 0.2) is 16.6 Å². The van der Waals surface area contributed by atoms with Crippen molar-refractivity contribution in [2.45, 2.75) is 6.54 Å². The van der Waals surface area contributed by atoms with Crippen LogP contribution in [0.2, 0.25) is 0 Å². The molecule has 1 aromatic rings. The van der Waals surface area contributed by atoms with E-state index in [1.165, 1.54) is 5.56 Å². The van der Waals surface area contributed by atoms with Crippen LogP contribution in [0.4, 0.5) is 0 Å². The number of ether oxygens (including phenoxy) is 2. The van der Waals surface area contributed by atoms with Gasteiger partial charge in [-0.3, -0.25) is 4.90 Å². The van der Waals surface area contributed by atoms with Gasteiger partial charge in [0, 0.05) is 30.7 Å². The van der Waals surface area contributed by atoms with Crippen LogP contribution < -0.4 is 9.47 Å². The molecule has 4 rings (SSSR count). The van der Waals surface area contributed by atoms with Crippen LogP contribution in [-0.2, 0) is 6.54 Å². The smallest absolute Gasteiger partial charge is 0.231 e. The van der Waals surface area contributed by atoms with Crippen molar-refractivity contribution in [2.24, 2.45) is 17.8 Å². The van der Waals surface area contributed by atoms with Crippen LogP contribution in [-0.4, -0.2) is 36.5 Å². The maximum atomic E-state index is 9.18. The number of piperidine rings is 1. The number of aliphatic hydroxyl groups is 1. The summed E-state index contributed by atoms with van der Waals surface area (Å²) < 4.78 is 11.9. The maximum Gasteiger partial charge on any atom is 0.231 e. The Balaban J connectivity index is 1.47. The fourth-order valence-corrected chi connectivity index (χ4v) is 3.91. The van der Waals surface area contributed by atoms with Gasteiger partial charge in [-0.1, -0.05) is 15.9 Å². The number of hydrogen-bond donors (Lipinski definition) is 1. The molecule has 0 bridgehead atoms. The second-order valence-electron chi connectivity index (χ2n) is 5.67. The molecule has 1 aromatic carbocycles. The number of nitrogens with zero attached hydrogens (tertiary/aromatic N) is 1. The average molecular weight is 326 g/mol. The third-order valence-corrected chi connectivity index (χ3v) is 5.33. The highest BCUT2D eigenvalue weighted by molar-refractivity contribution is 9.10. The van der Waals surface area contributed by atoms with E-state index in [9.17, 15) is 5.11 Å². The average Bonchev–Trinajstić information content (AvgIpc) is 2.78. The zero-order valence-electron chi connectivity index (χ0n) is 10.5. The number of hydrogen-bond acceptors (Lipinski definition) is 4. The topological polar surface area (TPSA) is 41.9 Å². The van der Waals surface area contributed by atoms with Crippen molar-refractivity contribution in [1.29, 1.82) is 0 Å². The lowest BCUT2D eigenvalue weighted by Gasteiger charge is -2.20. The Bertz CT molecular complexity index is 510. The highest BCUT2D eigenvalue weighted by Crippen LogP contribution is 2.51. The lowest BCUT2D eigenvalue weighted by atomic mass is 10.1. The van der Waals surface area contributed by atoms with Gasteiger partial charge in [0.2, 0.25) is 6.79 Å². The zero-order valence-corrected chi connectivity index (χ0v) is 12.1. The molecule has 102 valence electrons. The number of benzene rings is 1. The van der Waals surface area contributed by atoms with E-state index in [1.807, 2.05) is 6.07 Å². The largest absolute Gasteiger partial charge is 0.454 e. The van der Waals surface area contributed by atoms with Crippen molar-refractivity contribution in [1.82, 2.24) is 4.90 Å². The van der Waals surface area contributed by atoms with Crippen LogP contribution in [0, 0.1) is 17.8 Å². The molecule has 1 saturated carbocycles. The lowest BCUT2D eigenvalue weighted by molar-refractivity contribution is 0.174. The molecule has 2 heterocycles. The minimum Gasteiger partial charge on any atom is -0.454 e. The summed E-state index contributed by atoms with van der Waals surface area (Å²) in [7, 11) is 0. The van der Waals surface area contributed by atoms with Gasteiger partial charge in [0.05, 0.1) is 0 Å². The summed E-state index contributed by atoms with van der Waals surface area (Å²) in [6.07, 6.45) is 0. The summed E-state index contributed by atoms with van der Waals surface area (Å²) in [5.41, 5.74) is 1.24. The fraction of sp³-hybridized carbons (Fsp3) is 0.571. The predicted octanol–water partition coefficient (Wildman–Crippen LogP) is 1.85. The number of likely N-dealkylation sites (tertiary alicyclic amines) is 1. The number of fused-ring (bicyclic) bond motifs is 2. The molecule has 0 spiro atoms. The number of halogens is 1. The Morgan fingerprint density at radius 3 is 2.58 bits per heavy atom. The molecule has 0 radical (unpaired) electrons. The van der Waals surface area contributed by atoms with Crippen LogP contribution in [0.25, 0.3) is 0 Å². The second-order valence-corrected chi connectivity index (χ2v) is 6.52. The fourth-order valence-electron chi connectivity index (χ4n) is 3.46. The van der Waals surface area contributed by atoms with Gasteiger partial charge in [-0.15, -0.1) is 0 Å². The third-order valence-electron chi connectivity index (χ3n) is 4.59. The first-order chi connectivity index (χ1) is 9.26. The zero-order chi connectivity index (χ0) is 13.0. The van der Waals surface area contributed by atoms with Gasteiger partial charge >= 0.3 is 0 Å². The van der Waals surface area contributed by atoms with Gasteiger partial charge in [-0.2, -0.15) is 0 Å². The van der Waals surface area contributed by atoms with Crippen LogP contribution in [0.1, 0.15) is 5.56 Å². The summed E-state index contributed by atoms with van der Waals surface area (Å²) in [5, 5.41) is 9.18. The van der Waals surface area contributed by atoms with E-state index in [0.29, 0.717) is 19.3 Å². The second kappa shape index (κ2) is 4.36. The predicted molar refractivity (Wildman–Crippen MR) is 73.1 cm³/mol. The molecule has 3 atom stereocenters. The molecule has 5 heteroatoms. The van der Waals surface area contributed by atoms with E-state index in [4.69, 9.17) is 9.47 Å². The normalized spacial score (nSPS) is 31.6. The number of aliphatic hydroxyl groups excluding tert-OH is 1. The Hall–Kier alpha value is -0.780. The Morgan fingerprint density at radius 2 is 1.89 bits per heavy atom. The first-order valence-electron chi connectivity index (χ1n) is 6.67. The lowest BCUT2D eigenvalue weighted by Crippen LogP contribution is -2.24. The van der Waals surface area contributed by atoms with E-state index >= 15 is 0 Å². The summed E-state index contributed by atoms with van der Waals surface area (Å²) in [6.45, 7) is 3.82. The van der Waals surface area contributed by atoms with Crippen molar-refractivity contribution < 1.29 is 14.6 Å². The molecule has 1 saturated heterocycles. The molecule has 2 aliphatic heterocycles. The van der Waals surface area contributed by atoms with Crippen LogP contribution in [0.5, 0.6) is 11.5 Å². The molecule has 2 fully saturated rings. The molecule has 0 aromatic heterocycles. The van der Waals surface area contributed by atoms with Crippen molar-refractivity contribution in [3.63, 3.8) is 0 Å². The van der Waals surface area contributed by atoms with E-state index in [-0.39, 0.29) is 0 Å². The van der Waals surface area contributed by atoms with Crippen molar-refractivity contribution in [3.05, 3.63) is 22.2 Å². The molecule has 1 aliphatic carbocycles. The van der Waals surface area contributed by atoms with Gasteiger partial charge in [-0.25, -0.2) is 0 Å². The molecule has 1 N–H and O–H groups in total. The van der Waals surface area contributed by atoms with E-state index in [2.05, 4.69) is 26.9 Å². The SMILES string of the molecule is OCC1[C@H]2CN(Cc3cc4c(cc3Br)OCO4)C[C@@H]12. The molecule has 1 unspecified atom stereocenters. The highest BCUT2D eigenvalue weighted by Gasteiger charge is 2.54. The van der Waals surface area contributed by atoms with Gasteiger partial charge < -0.3 is 14.6 Å². The molecule has 19 heavy (non-hydrogen) atoms. The summed E-state index contributed by atoms with van der Waals surface area (Å²) in [6, 6.07) is 4.06. The minimum absolute atomic E-state index is 0.317. The molecular formula is C14H16BrNO3. The van der Waals surface area contributed by atoms with E-state index in [0.717, 1.165) is 47.4 Å². The quantitative estimate of drug-likeness (QED) is 0.921. The first kappa shape index (κ1) is 12.0.